The lowest BCUT2D eigenvalue weighted by atomic mass is 9.97. The molecule has 1 aromatic carbocycles. The first-order chi connectivity index (χ1) is 14.5. The summed E-state index contributed by atoms with van der Waals surface area (Å²) in [4.78, 5) is 25.4. The van der Waals surface area contributed by atoms with Crippen LogP contribution in [-0.2, 0) is 13.2 Å². The van der Waals surface area contributed by atoms with Crippen LogP contribution in [0.3, 0.4) is 0 Å². The number of pyridine rings is 1. The lowest BCUT2D eigenvalue weighted by Crippen LogP contribution is -2.27. The van der Waals surface area contributed by atoms with E-state index in [2.05, 4.69) is 26.3 Å². The third kappa shape index (κ3) is 3.77. The van der Waals surface area contributed by atoms with Gasteiger partial charge in [-0.05, 0) is 59.8 Å². The molecule has 0 amide bonds. The highest BCUT2D eigenvalue weighted by Gasteiger charge is 2.33. The number of fused-ring (bicyclic) bond motifs is 1. The van der Waals surface area contributed by atoms with Crippen LogP contribution in [0.5, 0.6) is 0 Å². The molecule has 1 N–H and O–H groups in total. The van der Waals surface area contributed by atoms with E-state index in [0.29, 0.717) is 16.8 Å². The molecule has 0 bridgehead atoms. The second-order valence-electron chi connectivity index (χ2n) is 7.84. The van der Waals surface area contributed by atoms with Crippen LogP contribution in [0.25, 0.3) is 10.8 Å². The first kappa shape index (κ1) is 21.6. The van der Waals surface area contributed by atoms with Gasteiger partial charge in [-0.25, -0.2) is 4.68 Å². The van der Waals surface area contributed by atoms with Crippen molar-refractivity contribution in [3.05, 3.63) is 66.3 Å². The van der Waals surface area contributed by atoms with Crippen molar-refractivity contribution >= 4 is 32.5 Å². The second-order valence-corrected chi connectivity index (χ2v) is 8.63. The van der Waals surface area contributed by atoms with Gasteiger partial charge in [-0.2, -0.15) is 18.3 Å². The maximum Gasteiger partial charge on any atom is 0.416 e. The topological polar surface area (TPSA) is 68.9 Å². The Morgan fingerprint density at radius 3 is 2.52 bits per heavy atom. The number of nitrogens with one attached hydrogen (secondary N) is 1. The lowest BCUT2D eigenvalue weighted by molar-refractivity contribution is -0.138. The predicted molar refractivity (Wildman–Crippen MR) is 115 cm³/mol. The molecule has 0 radical (unpaired) electrons. The standard InChI is InChI=1S/C21H20BrF3N4O2/c1-10-13(5-4-6-15(10)21(23,24)25)11(2)26-18-14-9-29(12-7-8-12)20(31)17(22)16(14)19(30)28(3)27-18/h4-6,9,11-12H,7-8H2,1-3H3,(H,26,27)/t11-/m1/s1. The molecule has 31 heavy (non-hydrogen) atoms. The van der Waals surface area contributed by atoms with Crippen molar-refractivity contribution in [2.24, 2.45) is 7.05 Å². The minimum absolute atomic E-state index is 0.0771. The minimum Gasteiger partial charge on any atom is -0.362 e. The number of hydrogen-bond donors (Lipinski definition) is 1. The Bertz CT molecular complexity index is 1310. The number of alkyl halides is 3. The smallest absolute Gasteiger partial charge is 0.362 e. The van der Waals surface area contributed by atoms with Gasteiger partial charge in [0.05, 0.1) is 21.5 Å². The van der Waals surface area contributed by atoms with Gasteiger partial charge >= 0.3 is 6.18 Å². The van der Waals surface area contributed by atoms with Crippen LogP contribution in [0.15, 0.2) is 38.5 Å². The molecule has 10 heteroatoms. The number of benzene rings is 1. The molecule has 6 nitrogen and oxygen atoms in total. The van der Waals surface area contributed by atoms with Crippen LogP contribution in [0, 0.1) is 6.92 Å². The highest BCUT2D eigenvalue weighted by molar-refractivity contribution is 9.10. The van der Waals surface area contributed by atoms with Gasteiger partial charge in [-0.15, -0.1) is 0 Å². The summed E-state index contributed by atoms with van der Waals surface area (Å²) in [5.74, 6) is 0.316. The normalized spacial score (nSPS) is 15.3. The molecular weight excluding hydrogens is 477 g/mol. The molecule has 2 aromatic heterocycles. The van der Waals surface area contributed by atoms with E-state index in [-0.39, 0.29) is 27.0 Å². The molecule has 1 saturated carbocycles. The van der Waals surface area contributed by atoms with Gasteiger partial charge in [0.2, 0.25) is 0 Å². The van der Waals surface area contributed by atoms with E-state index in [1.54, 1.807) is 23.8 Å². The van der Waals surface area contributed by atoms with Crippen LogP contribution in [0.4, 0.5) is 19.0 Å². The Kier molecular flexibility index (Phi) is 5.23. The van der Waals surface area contributed by atoms with E-state index in [9.17, 15) is 22.8 Å². The number of hydrogen-bond acceptors (Lipinski definition) is 4. The molecule has 3 aromatic rings. The fourth-order valence-corrected chi connectivity index (χ4v) is 4.43. The molecule has 1 fully saturated rings. The molecule has 164 valence electrons. The van der Waals surface area contributed by atoms with Crippen molar-refractivity contribution in [2.75, 3.05) is 5.32 Å². The quantitative estimate of drug-likeness (QED) is 0.568. The third-order valence-corrected chi connectivity index (χ3v) is 6.37. The largest absolute Gasteiger partial charge is 0.416 e. The summed E-state index contributed by atoms with van der Waals surface area (Å²) >= 11 is 3.27. The summed E-state index contributed by atoms with van der Waals surface area (Å²) in [5, 5.41) is 8.07. The zero-order valence-corrected chi connectivity index (χ0v) is 18.6. The van der Waals surface area contributed by atoms with Gasteiger partial charge in [-0.3, -0.25) is 9.59 Å². The van der Waals surface area contributed by atoms with Crippen LogP contribution in [-0.4, -0.2) is 14.3 Å². The van der Waals surface area contributed by atoms with Crippen LogP contribution >= 0.6 is 15.9 Å². The van der Waals surface area contributed by atoms with Crippen molar-refractivity contribution in [1.82, 2.24) is 14.3 Å². The molecular formula is C21H20BrF3N4O2. The van der Waals surface area contributed by atoms with Crippen molar-refractivity contribution in [3.8, 4) is 0 Å². The maximum atomic E-state index is 13.3. The average molecular weight is 497 g/mol. The molecule has 1 aliphatic rings. The zero-order chi connectivity index (χ0) is 22.7. The SMILES string of the molecule is Cc1c([C@@H](C)Nc2nn(C)c(=O)c3c(Br)c(=O)n(C4CC4)cc23)cccc1C(F)(F)F. The van der Waals surface area contributed by atoms with Gasteiger partial charge < -0.3 is 9.88 Å². The van der Waals surface area contributed by atoms with Crippen molar-refractivity contribution in [2.45, 2.75) is 44.9 Å². The molecule has 1 atom stereocenters. The number of anilines is 1. The number of rotatable bonds is 4. The van der Waals surface area contributed by atoms with Gasteiger partial charge in [-0.1, -0.05) is 12.1 Å². The van der Waals surface area contributed by atoms with Gasteiger partial charge in [0.1, 0.15) is 0 Å². The average Bonchev–Trinajstić information content (AvgIpc) is 3.52. The summed E-state index contributed by atoms with van der Waals surface area (Å²) in [6, 6.07) is 3.60. The summed E-state index contributed by atoms with van der Waals surface area (Å²) in [5.41, 5.74) is -0.822. The van der Waals surface area contributed by atoms with E-state index < -0.39 is 23.3 Å². The Morgan fingerprint density at radius 2 is 1.90 bits per heavy atom. The number of aryl methyl sites for hydroxylation is 1. The molecule has 1 aliphatic carbocycles. The third-order valence-electron chi connectivity index (χ3n) is 5.63. The molecule has 0 saturated heterocycles. The van der Waals surface area contributed by atoms with E-state index >= 15 is 0 Å². The summed E-state index contributed by atoms with van der Waals surface area (Å²) < 4.78 is 42.8. The fraction of sp³-hybridized carbons (Fsp3) is 0.381. The number of nitrogens with zero attached hydrogens (tertiary/aromatic N) is 3. The van der Waals surface area contributed by atoms with E-state index in [1.807, 2.05) is 0 Å². The Labute approximate surface area is 183 Å². The molecule has 0 aliphatic heterocycles. The van der Waals surface area contributed by atoms with Gasteiger partial charge in [0, 0.05) is 24.7 Å². The van der Waals surface area contributed by atoms with Crippen LogP contribution < -0.4 is 16.4 Å². The summed E-state index contributed by atoms with van der Waals surface area (Å²) in [7, 11) is 1.46. The second kappa shape index (κ2) is 7.51. The number of halogens is 4. The first-order valence-electron chi connectivity index (χ1n) is 9.75. The van der Waals surface area contributed by atoms with Gasteiger partial charge in [0.25, 0.3) is 11.1 Å². The Hall–Kier alpha value is -2.62. The van der Waals surface area contributed by atoms with Crippen LogP contribution in [0.1, 0.15) is 48.5 Å². The Balaban J connectivity index is 1.85. The maximum absolute atomic E-state index is 13.3. The Morgan fingerprint density at radius 1 is 1.23 bits per heavy atom. The van der Waals surface area contributed by atoms with E-state index in [0.717, 1.165) is 23.6 Å². The predicted octanol–water partition coefficient (Wildman–Crippen LogP) is 4.69. The van der Waals surface area contributed by atoms with Crippen molar-refractivity contribution in [1.29, 1.82) is 0 Å². The zero-order valence-electron chi connectivity index (χ0n) is 17.0. The lowest BCUT2D eigenvalue weighted by Gasteiger charge is -2.21. The van der Waals surface area contributed by atoms with Crippen LogP contribution in [0.2, 0.25) is 0 Å². The van der Waals surface area contributed by atoms with Crippen molar-refractivity contribution in [3.63, 3.8) is 0 Å². The fourth-order valence-electron chi connectivity index (χ4n) is 3.84. The van der Waals surface area contributed by atoms with E-state index in [4.69, 9.17) is 0 Å². The summed E-state index contributed by atoms with van der Waals surface area (Å²) in [6.07, 6.45) is -1.09. The molecule has 0 unspecified atom stereocenters. The monoisotopic (exact) mass is 496 g/mol. The summed E-state index contributed by atoms with van der Waals surface area (Å²) in [6.45, 7) is 3.16. The highest BCUT2D eigenvalue weighted by atomic mass is 79.9. The molecule has 0 spiro atoms. The minimum atomic E-state index is -4.45. The van der Waals surface area contributed by atoms with Crippen molar-refractivity contribution < 1.29 is 13.2 Å². The molecule has 2 heterocycles. The van der Waals surface area contributed by atoms with Gasteiger partial charge in [0.15, 0.2) is 5.82 Å². The first-order valence-corrected chi connectivity index (χ1v) is 10.5. The highest BCUT2D eigenvalue weighted by Crippen LogP contribution is 2.37. The van der Waals surface area contributed by atoms with E-state index in [1.165, 1.54) is 20.0 Å². The molecule has 4 rings (SSSR count). The number of aromatic nitrogens is 3.